The van der Waals surface area contributed by atoms with Gasteiger partial charge in [0.25, 0.3) is 5.91 Å². The molecule has 1 heterocycles. The molecule has 1 amide bonds. The minimum Gasteiger partial charge on any atom is -0.489 e. The summed E-state index contributed by atoms with van der Waals surface area (Å²) in [5.41, 5.74) is 1.28. The SMILES string of the molecule is CC(C)Oc1ccccc1Nc1ccc(NC(=O)c2ccc(Cl)cc2)nn1. The lowest BCUT2D eigenvalue weighted by Gasteiger charge is -2.15. The first-order valence-electron chi connectivity index (χ1n) is 8.44. The topological polar surface area (TPSA) is 76.1 Å². The van der Waals surface area contributed by atoms with Gasteiger partial charge in [-0.15, -0.1) is 10.2 Å². The zero-order valence-corrected chi connectivity index (χ0v) is 15.7. The number of hydrogen-bond donors (Lipinski definition) is 2. The van der Waals surface area contributed by atoms with E-state index in [0.717, 1.165) is 11.4 Å². The summed E-state index contributed by atoms with van der Waals surface area (Å²) in [6, 6.07) is 17.6. The fourth-order valence-corrected chi connectivity index (χ4v) is 2.45. The van der Waals surface area contributed by atoms with Crippen LogP contribution >= 0.6 is 11.6 Å². The Morgan fingerprint density at radius 1 is 0.963 bits per heavy atom. The Morgan fingerprint density at radius 2 is 1.63 bits per heavy atom. The van der Waals surface area contributed by atoms with Gasteiger partial charge in [0.1, 0.15) is 5.75 Å². The summed E-state index contributed by atoms with van der Waals surface area (Å²) in [6.45, 7) is 3.93. The van der Waals surface area contributed by atoms with Gasteiger partial charge in [0.2, 0.25) is 0 Å². The Balaban J connectivity index is 1.67. The summed E-state index contributed by atoms with van der Waals surface area (Å²) >= 11 is 5.83. The van der Waals surface area contributed by atoms with Crippen LogP contribution in [0.25, 0.3) is 0 Å². The van der Waals surface area contributed by atoms with E-state index in [1.54, 1.807) is 36.4 Å². The Morgan fingerprint density at radius 3 is 2.30 bits per heavy atom. The summed E-state index contributed by atoms with van der Waals surface area (Å²) in [5.74, 6) is 1.35. The lowest BCUT2D eigenvalue weighted by molar-refractivity contribution is 0.102. The third kappa shape index (κ3) is 5.18. The molecule has 0 saturated heterocycles. The van der Waals surface area contributed by atoms with E-state index in [-0.39, 0.29) is 12.0 Å². The number of amides is 1. The fourth-order valence-electron chi connectivity index (χ4n) is 2.32. The molecule has 138 valence electrons. The van der Waals surface area contributed by atoms with E-state index in [9.17, 15) is 4.79 Å². The van der Waals surface area contributed by atoms with E-state index in [0.29, 0.717) is 22.2 Å². The van der Waals surface area contributed by atoms with Gasteiger partial charge in [-0.3, -0.25) is 4.79 Å². The predicted octanol–water partition coefficient (Wildman–Crippen LogP) is 4.91. The molecule has 6 nitrogen and oxygen atoms in total. The third-order valence-corrected chi connectivity index (χ3v) is 3.78. The molecule has 3 aromatic rings. The summed E-state index contributed by atoms with van der Waals surface area (Å²) in [6.07, 6.45) is 0.0597. The fraction of sp³-hybridized carbons (Fsp3) is 0.150. The van der Waals surface area contributed by atoms with Crippen LogP contribution in [-0.2, 0) is 0 Å². The number of hydrogen-bond acceptors (Lipinski definition) is 5. The first-order valence-corrected chi connectivity index (χ1v) is 8.82. The predicted molar refractivity (Wildman–Crippen MR) is 107 cm³/mol. The van der Waals surface area contributed by atoms with Crippen molar-refractivity contribution in [1.29, 1.82) is 0 Å². The molecule has 0 atom stereocenters. The highest BCUT2D eigenvalue weighted by molar-refractivity contribution is 6.30. The largest absolute Gasteiger partial charge is 0.489 e. The lowest BCUT2D eigenvalue weighted by atomic mass is 10.2. The van der Waals surface area contributed by atoms with E-state index in [1.807, 2.05) is 38.1 Å². The van der Waals surface area contributed by atoms with Crippen molar-refractivity contribution in [1.82, 2.24) is 10.2 Å². The molecule has 0 bridgehead atoms. The summed E-state index contributed by atoms with van der Waals surface area (Å²) in [4.78, 5) is 12.2. The number of benzene rings is 2. The highest BCUT2D eigenvalue weighted by atomic mass is 35.5. The molecule has 0 aliphatic heterocycles. The van der Waals surface area contributed by atoms with E-state index >= 15 is 0 Å². The van der Waals surface area contributed by atoms with Gasteiger partial charge in [0, 0.05) is 10.6 Å². The first kappa shape index (κ1) is 18.7. The van der Waals surface area contributed by atoms with E-state index in [1.165, 1.54) is 0 Å². The maximum absolute atomic E-state index is 12.2. The zero-order chi connectivity index (χ0) is 19.2. The van der Waals surface area contributed by atoms with Crippen molar-refractivity contribution in [2.24, 2.45) is 0 Å². The van der Waals surface area contributed by atoms with E-state index < -0.39 is 0 Å². The van der Waals surface area contributed by atoms with Crippen molar-refractivity contribution in [3.05, 3.63) is 71.2 Å². The number of ether oxygens (including phenoxy) is 1. The minimum atomic E-state index is -0.280. The summed E-state index contributed by atoms with van der Waals surface area (Å²) in [7, 11) is 0. The molecule has 0 aliphatic rings. The average molecular weight is 383 g/mol. The number of nitrogens with one attached hydrogen (secondary N) is 2. The molecule has 2 N–H and O–H groups in total. The molecule has 27 heavy (non-hydrogen) atoms. The average Bonchev–Trinajstić information content (AvgIpc) is 2.65. The van der Waals surface area contributed by atoms with E-state index in [4.69, 9.17) is 16.3 Å². The standard InChI is InChI=1S/C20H19ClN4O2/c1-13(2)27-17-6-4-3-5-16(17)22-18-11-12-19(25-24-18)23-20(26)14-7-9-15(21)10-8-14/h3-13H,1-2H3,(H,22,24)(H,23,25,26). The molecule has 0 spiro atoms. The van der Waals surface area contributed by atoms with Crippen LogP contribution in [0, 0.1) is 0 Å². The Hall–Kier alpha value is -3.12. The number of carbonyl (C=O) groups excluding carboxylic acids is 1. The monoisotopic (exact) mass is 382 g/mol. The van der Waals surface area contributed by atoms with Crippen molar-refractivity contribution >= 4 is 34.8 Å². The highest BCUT2D eigenvalue weighted by Gasteiger charge is 2.09. The van der Waals surface area contributed by atoms with Gasteiger partial charge in [0.15, 0.2) is 11.6 Å². The second-order valence-corrected chi connectivity index (χ2v) is 6.49. The van der Waals surface area contributed by atoms with Gasteiger partial charge < -0.3 is 15.4 Å². The molecule has 0 saturated carbocycles. The molecule has 2 aromatic carbocycles. The Bertz CT molecular complexity index is 912. The van der Waals surface area contributed by atoms with Crippen LogP contribution in [0.3, 0.4) is 0 Å². The number of carbonyl (C=O) groups is 1. The normalized spacial score (nSPS) is 10.5. The summed E-state index contributed by atoms with van der Waals surface area (Å²) < 4.78 is 5.77. The molecular weight excluding hydrogens is 364 g/mol. The van der Waals surface area contributed by atoms with Gasteiger partial charge in [-0.2, -0.15) is 0 Å². The molecule has 0 unspecified atom stereocenters. The quantitative estimate of drug-likeness (QED) is 0.633. The van der Waals surface area contributed by atoms with Gasteiger partial charge >= 0.3 is 0 Å². The van der Waals surface area contributed by atoms with Crippen LogP contribution in [0.1, 0.15) is 24.2 Å². The number of nitrogens with zero attached hydrogens (tertiary/aromatic N) is 2. The highest BCUT2D eigenvalue weighted by Crippen LogP contribution is 2.27. The molecule has 7 heteroatoms. The molecular formula is C20H19ClN4O2. The van der Waals surface area contributed by atoms with Gasteiger partial charge in [-0.25, -0.2) is 0 Å². The Kier molecular flexibility index (Phi) is 5.88. The maximum Gasteiger partial charge on any atom is 0.256 e. The van der Waals surface area contributed by atoms with Gasteiger partial charge in [-0.05, 0) is 62.4 Å². The number of aromatic nitrogens is 2. The Labute approximate surface area is 162 Å². The first-order chi connectivity index (χ1) is 13.0. The van der Waals surface area contributed by atoms with Crippen molar-refractivity contribution in [2.75, 3.05) is 10.6 Å². The van der Waals surface area contributed by atoms with Crippen LogP contribution in [0.4, 0.5) is 17.3 Å². The van der Waals surface area contributed by atoms with Crippen LogP contribution in [-0.4, -0.2) is 22.2 Å². The van der Waals surface area contributed by atoms with Crippen molar-refractivity contribution in [3.8, 4) is 5.75 Å². The molecule has 3 rings (SSSR count). The van der Waals surface area contributed by atoms with Crippen molar-refractivity contribution in [3.63, 3.8) is 0 Å². The number of rotatable bonds is 6. The second-order valence-electron chi connectivity index (χ2n) is 6.05. The second kappa shape index (κ2) is 8.51. The van der Waals surface area contributed by atoms with Crippen molar-refractivity contribution in [2.45, 2.75) is 20.0 Å². The lowest BCUT2D eigenvalue weighted by Crippen LogP contribution is -2.13. The van der Waals surface area contributed by atoms with Crippen LogP contribution in [0.2, 0.25) is 5.02 Å². The van der Waals surface area contributed by atoms with Crippen molar-refractivity contribution < 1.29 is 9.53 Å². The van der Waals surface area contributed by atoms with Crippen LogP contribution in [0.15, 0.2) is 60.7 Å². The molecule has 0 aliphatic carbocycles. The van der Waals surface area contributed by atoms with Crippen LogP contribution in [0.5, 0.6) is 5.75 Å². The minimum absolute atomic E-state index is 0.0597. The number of halogens is 1. The number of para-hydroxylation sites is 2. The number of anilines is 3. The van der Waals surface area contributed by atoms with Gasteiger partial charge in [0.05, 0.1) is 11.8 Å². The molecule has 0 fully saturated rings. The van der Waals surface area contributed by atoms with Crippen LogP contribution < -0.4 is 15.4 Å². The molecule has 1 aromatic heterocycles. The smallest absolute Gasteiger partial charge is 0.256 e. The molecule has 0 radical (unpaired) electrons. The van der Waals surface area contributed by atoms with E-state index in [2.05, 4.69) is 20.8 Å². The maximum atomic E-state index is 12.2. The zero-order valence-electron chi connectivity index (χ0n) is 14.9. The third-order valence-electron chi connectivity index (χ3n) is 3.53. The van der Waals surface area contributed by atoms with Gasteiger partial charge in [-0.1, -0.05) is 23.7 Å². The summed E-state index contributed by atoms with van der Waals surface area (Å²) in [5, 5.41) is 14.6.